The van der Waals surface area contributed by atoms with Crippen LogP contribution in [0.15, 0.2) is 11.4 Å². The van der Waals surface area contributed by atoms with Gasteiger partial charge < -0.3 is 15.7 Å². The lowest BCUT2D eigenvalue weighted by Crippen LogP contribution is -2.43. The minimum absolute atomic E-state index is 0.326. The number of fused-ring (bicyclic) bond motifs is 1. The number of aliphatic hydroxyl groups excluding tert-OH is 1. The van der Waals surface area contributed by atoms with E-state index in [0.29, 0.717) is 10.6 Å². The minimum atomic E-state index is -0.859. The topological polar surface area (TPSA) is 78.4 Å². The van der Waals surface area contributed by atoms with Gasteiger partial charge in [0.25, 0.3) is 5.91 Å². The number of amides is 2. The Kier molecular flexibility index (Phi) is 2.22. The van der Waals surface area contributed by atoms with Gasteiger partial charge in [-0.3, -0.25) is 9.59 Å². The van der Waals surface area contributed by atoms with Crippen LogP contribution in [-0.4, -0.2) is 29.6 Å². The third-order valence-electron chi connectivity index (χ3n) is 1.93. The molecule has 1 unspecified atom stereocenters. The molecule has 14 heavy (non-hydrogen) atoms. The molecule has 3 N–H and O–H groups in total. The highest BCUT2D eigenvalue weighted by Crippen LogP contribution is 2.24. The number of hydrogen-bond donors (Lipinski definition) is 3. The maximum atomic E-state index is 11.5. The summed E-state index contributed by atoms with van der Waals surface area (Å²) in [5, 5.41) is 15.6. The minimum Gasteiger partial charge on any atom is -0.394 e. The van der Waals surface area contributed by atoms with Crippen LogP contribution in [0.5, 0.6) is 0 Å². The monoisotopic (exact) mass is 212 g/mol. The molecule has 1 aliphatic rings. The van der Waals surface area contributed by atoms with Crippen LogP contribution in [0.25, 0.3) is 0 Å². The molecule has 0 bridgehead atoms. The zero-order chi connectivity index (χ0) is 10.1. The van der Waals surface area contributed by atoms with E-state index in [0.717, 1.165) is 0 Å². The van der Waals surface area contributed by atoms with Gasteiger partial charge in [-0.15, -0.1) is 11.3 Å². The number of carbonyl (C=O) groups excluding carboxylic acids is 2. The summed E-state index contributed by atoms with van der Waals surface area (Å²) in [6.45, 7) is -0.396. The van der Waals surface area contributed by atoms with Crippen molar-refractivity contribution in [1.82, 2.24) is 5.32 Å². The normalized spacial score (nSPS) is 20.8. The Labute approximate surface area is 83.7 Å². The summed E-state index contributed by atoms with van der Waals surface area (Å²) in [6, 6.07) is 0.805. The molecule has 5 nitrogen and oxygen atoms in total. The maximum absolute atomic E-state index is 11.5. The van der Waals surface area contributed by atoms with Gasteiger partial charge in [0, 0.05) is 0 Å². The molecule has 6 heteroatoms. The highest BCUT2D eigenvalue weighted by atomic mass is 32.1. The smallest absolute Gasteiger partial charge is 0.264 e. The van der Waals surface area contributed by atoms with Crippen molar-refractivity contribution in [3.05, 3.63) is 16.3 Å². The summed E-state index contributed by atoms with van der Waals surface area (Å²) in [6.07, 6.45) is 0. The Bertz CT molecular complexity index is 388. The standard InChI is InChI=1S/C8H8N2O3S/c11-3-5-7(12)9-4-1-2-14-6(4)8(13)10-5/h1-2,5,11H,3H2,(H,9,12)(H,10,13). The molecule has 2 rings (SSSR count). The van der Waals surface area contributed by atoms with Gasteiger partial charge in [-0.25, -0.2) is 0 Å². The molecule has 0 saturated carbocycles. The largest absolute Gasteiger partial charge is 0.394 e. The Morgan fingerprint density at radius 2 is 2.29 bits per heavy atom. The molecule has 0 fully saturated rings. The zero-order valence-corrected chi connectivity index (χ0v) is 7.93. The van der Waals surface area contributed by atoms with E-state index in [9.17, 15) is 9.59 Å². The van der Waals surface area contributed by atoms with Gasteiger partial charge in [-0.05, 0) is 11.4 Å². The van der Waals surface area contributed by atoms with E-state index < -0.39 is 18.6 Å². The van der Waals surface area contributed by atoms with Crippen LogP contribution in [0.4, 0.5) is 5.69 Å². The number of hydrogen-bond acceptors (Lipinski definition) is 4. The van der Waals surface area contributed by atoms with Crippen molar-refractivity contribution < 1.29 is 14.7 Å². The van der Waals surface area contributed by atoms with E-state index in [1.165, 1.54) is 11.3 Å². The molecule has 1 atom stereocenters. The van der Waals surface area contributed by atoms with Crippen molar-refractivity contribution in [2.24, 2.45) is 0 Å². The molecule has 0 spiro atoms. The van der Waals surface area contributed by atoms with Gasteiger partial charge in [0.1, 0.15) is 10.9 Å². The molecular formula is C8H8N2O3S. The summed E-state index contributed by atoms with van der Waals surface area (Å²) >= 11 is 1.25. The van der Waals surface area contributed by atoms with Crippen LogP contribution >= 0.6 is 11.3 Å². The van der Waals surface area contributed by atoms with Gasteiger partial charge in [-0.1, -0.05) is 0 Å². The third kappa shape index (κ3) is 1.38. The maximum Gasteiger partial charge on any atom is 0.264 e. The molecule has 1 aromatic rings. The average molecular weight is 212 g/mol. The first-order chi connectivity index (χ1) is 6.72. The van der Waals surface area contributed by atoms with Crippen molar-refractivity contribution in [2.45, 2.75) is 6.04 Å². The first-order valence-electron chi connectivity index (χ1n) is 4.02. The van der Waals surface area contributed by atoms with Gasteiger partial charge in [0.15, 0.2) is 0 Å². The van der Waals surface area contributed by atoms with Crippen LogP contribution < -0.4 is 10.6 Å². The number of rotatable bonds is 1. The zero-order valence-electron chi connectivity index (χ0n) is 7.11. The van der Waals surface area contributed by atoms with Gasteiger partial charge >= 0.3 is 0 Å². The molecule has 74 valence electrons. The fraction of sp³-hybridized carbons (Fsp3) is 0.250. The lowest BCUT2D eigenvalue weighted by molar-refractivity contribution is -0.118. The van der Waals surface area contributed by atoms with E-state index >= 15 is 0 Å². The number of aliphatic hydroxyl groups is 1. The van der Waals surface area contributed by atoms with Crippen LogP contribution in [0, 0.1) is 0 Å². The van der Waals surface area contributed by atoms with Crippen molar-refractivity contribution in [2.75, 3.05) is 11.9 Å². The number of thiophene rings is 1. The number of carbonyl (C=O) groups is 2. The summed E-state index contributed by atoms with van der Waals surface area (Å²) in [5.74, 6) is -0.717. The molecule has 0 aromatic carbocycles. The Morgan fingerprint density at radius 3 is 3.00 bits per heavy atom. The predicted octanol–water partition coefficient (Wildman–Crippen LogP) is -0.209. The summed E-state index contributed by atoms with van der Waals surface area (Å²) in [5.41, 5.74) is 0.508. The second-order valence-electron chi connectivity index (χ2n) is 2.86. The second kappa shape index (κ2) is 3.39. The lowest BCUT2D eigenvalue weighted by Gasteiger charge is -2.10. The molecule has 2 amide bonds. The molecule has 1 aliphatic heterocycles. The highest BCUT2D eigenvalue weighted by Gasteiger charge is 2.27. The fourth-order valence-corrected chi connectivity index (χ4v) is 1.97. The van der Waals surface area contributed by atoms with Crippen LogP contribution in [0.3, 0.4) is 0 Å². The Balaban J connectivity index is 2.36. The van der Waals surface area contributed by atoms with Crippen LogP contribution in [0.1, 0.15) is 9.67 Å². The molecule has 0 aliphatic carbocycles. The first kappa shape index (κ1) is 9.17. The summed E-state index contributed by atoms with van der Waals surface area (Å²) in [4.78, 5) is 23.3. The van der Waals surface area contributed by atoms with Gasteiger partial charge in [-0.2, -0.15) is 0 Å². The molecule has 0 saturated heterocycles. The molecule has 1 aromatic heterocycles. The molecule has 0 radical (unpaired) electrons. The van der Waals surface area contributed by atoms with E-state index in [-0.39, 0.29) is 5.91 Å². The first-order valence-corrected chi connectivity index (χ1v) is 4.90. The fourth-order valence-electron chi connectivity index (χ4n) is 1.22. The van der Waals surface area contributed by atoms with E-state index in [1.807, 2.05) is 0 Å². The number of nitrogens with one attached hydrogen (secondary N) is 2. The van der Waals surface area contributed by atoms with E-state index in [1.54, 1.807) is 11.4 Å². The van der Waals surface area contributed by atoms with E-state index in [2.05, 4.69) is 10.6 Å². The van der Waals surface area contributed by atoms with Crippen molar-refractivity contribution >= 4 is 28.8 Å². The SMILES string of the molecule is O=C1NC(CO)C(=O)Nc2ccsc21. The lowest BCUT2D eigenvalue weighted by atomic mass is 10.3. The van der Waals surface area contributed by atoms with Gasteiger partial charge in [0.2, 0.25) is 5.91 Å². The highest BCUT2D eigenvalue weighted by molar-refractivity contribution is 7.12. The van der Waals surface area contributed by atoms with Crippen LogP contribution in [-0.2, 0) is 4.79 Å². The third-order valence-corrected chi connectivity index (χ3v) is 2.85. The van der Waals surface area contributed by atoms with Crippen molar-refractivity contribution in [3.63, 3.8) is 0 Å². The van der Waals surface area contributed by atoms with E-state index in [4.69, 9.17) is 5.11 Å². The average Bonchev–Trinajstić information content (AvgIpc) is 2.57. The summed E-state index contributed by atoms with van der Waals surface area (Å²) in [7, 11) is 0. The molecule has 2 heterocycles. The quantitative estimate of drug-likeness (QED) is 0.602. The van der Waals surface area contributed by atoms with Crippen molar-refractivity contribution in [3.8, 4) is 0 Å². The van der Waals surface area contributed by atoms with Crippen LogP contribution in [0.2, 0.25) is 0 Å². The van der Waals surface area contributed by atoms with Gasteiger partial charge in [0.05, 0.1) is 12.3 Å². The Hall–Kier alpha value is -1.40. The Morgan fingerprint density at radius 1 is 1.50 bits per heavy atom. The van der Waals surface area contributed by atoms with Crippen molar-refractivity contribution in [1.29, 1.82) is 0 Å². The second-order valence-corrected chi connectivity index (χ2v) is 3.78. The predicted molar refractivity (Wildman–Crippen MR) is 51.3 cm³/mol. The number of anilines is 1. The molecular weight excluding hydrogens is 204 g/mol. The summed E-state index contributed by atoms with van der Waals surface area (Å²) < 4.78 is 0.